The third-order valence-electron chi connectivity index (χ3n) is 3.80. The van der Waals surface area contributed by atoms with Crippen LogP contribution >= 0.6 is 0 Å². The number of hydrazine groups is 1. The summed E-state index contributed by atoms with van der Waals surface area (Å²) in [6.07, 6.45) is 1.47. The Kier molecular flexibility index (Phi) is 4.26. The van der Waals surface area contributed by atoms with Gasteiger partial charge in [0.25, 0.3) is 0 Å². The second-order valence-electron chi connectivity index (χ2n) is 5.47. The molecule has 2 heterocycles. The Hall–Kier alpha value is -2.43. The smallest absolute Gasteiger partial charge is 0.356 e. The molecule has 0 aliphatic carbocycles. The number of hydrogen-bond donors (Lipinski definition) is 4. The first-order chi connectivity index (χ1) is 11.4. The Balaban J connectivity index is 1.93. The van der Waals surface area contributed by atoms with Gasteiger partial charge in [-0.2, -0.15) is 5.10 Å². The van der Waals surface area contributed by atoms with Crippen LogP contribution in [0, 0.1) is 0 Å². The number of hydrogen-bond acceptors (Lipinski definition) is 6. The summed E-state index contributed by atoms with van der Waals surface area (Å²) >= 11 is 0. The topological polar surface area (TPSA) is 125 Å². The number of aromatic carboxylic acids is 1. The van der Waals surface area contributed by atoms with Gasteiger partial charge in [0.05, 0.1) is 11.4 Å². The summed E-state index contributed by atoms with van der Waals surface area (Å²) in [6, 6.07) is 7.78. The van der Waals surface area contributed by atoms with Gasteiger partial charge in [-0.05, 0) is 25.1 Å². The summed E-state index contributed by atoms with van der Waals surface area (Å²) in [6.45, 7) is 2.08. The minimum Gasteiger partial charge on any atom is -0.476 e. The molecule has 1 aliphatic rings. The van der Waals surface area contributed by atoms with Crippen molar-refractivity contribution in [3.63, 3.8) is 0 Å². The molecule has 1 aromatic carbocycles. The molecule has 2 unspecified atom stereocenters. The van der Waals surface area contributed by atoms with Crippen molar-refractivity contribution >= 4 is 21.7 Å². The average molecular weight is 351 g/mol. The third kappa shape index (κ3) is 3.11. The standard InChI is InChI=1S/C14H17N5O4S/c1-9-13(8-15-16-9)24(22,23)18-10-4-2-3-5-12(10)19-7-6-11(17-19)14(20)21/h2-7,9,13,15-16,18H,8H2,1H3,(H,20,21). The number of carboxylic acid groups (broad SMARTS) is 1. The molecule has 1 saturated heterocycles. The molecule has 0 amide bonds. The lowest BCUT2D eigenvalue weighted by Crippen LogP contribution is -2.38. The van der Waals surface area contributed by atoms with E-state index in [1.54, 1.807) is 31.2 Å². The maximum atomic E-state index is 12.6. The van der Waals surface area contributed by atoms with Crippen LogP contribution in [0.1, 0.15) is 17.4 Å². The number of aromatic nitrogens is 2. The van der Waals surface area contributed by atoms with E-state index in [2.05, 4.69) is 20.7 Å². The van der Waals surface area contributed by atoms with Gasteiger partial charge in [0.2, 0.25) is 10.0 Å². The SMILES string of the molecule is CC1NNCC1S(=O)(=O)Nc1ccccc1-n1ccc(C(=O)O)n1. The van der Waals surface area contributed by atoms with E-state index in [9.17, 15) is 13.2 Å². The zero-order chi connectivity index (χ0) is 17.3. The van der Waals surface area contributed by atoms with E-state index in [1.165, 1.54) is 16.9 Å². The number of para-hydroxylation sites is 2. The predicted molar refractivity (Wildman–Crippen MR) is 87.5 cm³/mol. The number of carboxylic acids is 1. The van der Waals surface area contributed by atoms with Crippen LogP contribution in [0.5, 0.6) is 0 Å². The second-order valence-corrected chi connectivity index (χ2v) is 7.37. The van der Waals surface area contributed by atoms with Crippen LogP contribution < -0.4 is 15.6 Å². The van der Waals surface area contributed by atoms with Gasteiger partial charge in [0.15, 0.2) is 5.69 Å². The van der Waals surface area contributed by atoms with Gasteiger partial charge in [0, 0.05) is 18.8 Å². The predicted octanol–water partition coefficient (Wildman–Crippen LogP) is 0.177. The molecule has 9 nitrogen and oxygen atoms in total. The minimum atomic E-state index is -3.63. The normalized spacial score (nSPS) is 20.9. The largest absolute Gasteiger partial charge is 0.476 e. The first kappa shape index (κ1) is 16.4. The fourth-order valence-electron chi connectivity index (χ4n) is 2.53. The van der Waals surface area contributed by atoms with Crippen molar-refractivity contribution in [3.8, 4) is 5.69 Å². The number of carbonyl (C=O) groups is 1. The minimum absolute atomic E-state index is 0.120. The first-order valence-corrected chi connectivity index (χ1v) is 8.81. The highest BCUT2D eigenvalue weighted by molar-refractivity contribution is 7.93. The molecule has 0 bridgehead atoms. The second kappa shape index (κ2) is 6.23. The highest BCUT2D eigenvalue weighted by Crippen LogP contribution is 2.23. The number of nitrogens with zero attached hydrogens (tertiary/aromatic N) is 2. The fraction of sp³-hybridized carbons (Fsp3) is 0.286. The van der Waals surface area contributed by atoms with Crippen LogP contribution in [0.2, 0.25) is 0 Å². The summed E-state index contributed by atoms with van der Waals surface area (Å²) in [5.41, 5.74) is 6.35. The van der Waals surface area contributed by atoms with Gasteiger partial charge in [0.1, 0.15) is 5.25 Å². The van der Waals surface area contributed by atoms with Crippen molar-refractivity contribution < 1.29 is 18.3 Å². The molecule has 2 aromatic rings. The third-order valence-corrected chi connectivity index (χ3v) is 5.68. The fourth-order valence-corrected chi connectivity index (χ4v) is 4.07. The molecule has 0 radical (unpaired) electrons. The molecule has 0 spiro atoms. The Bertz CT molecular complexity index is 864. The lowest BCUT2D eigenvalue weighted by Gasteiger charge is -2.18. The maximum absolute atomic E-state index is 12.6. The van der Waals surface area contributed by atoms with E-state index >= 15 is 0 Å². The highest BCUT2D eigenvalue weighted by Gasteiger charge is 2.35. The number of rotatable bonds is 5. The summed E-state index contributed by atoms with van der Waals surface area (Å²) in [4.78, 5) is 11.0. The van der Waals surface area contributed by atoms with Crippen LogP contribution in [0.15, 0.2) is 36.5 Å². The molecule has 1 aromatic heterocycles. The van der Waals surface area contributed by atoms with Gasteiger partial charge in [-0.15, -0.1) is 0 Å². The number of benzene rings is 1. The lowest BCUT2D eigenvalue weighted by molar-refractivity contribution is 0.0690. The van der Waals surface area contributed by atoms with Crippen LogP contribution in [0.3, 0.4) is 0 Å². The summed E-state index contributed by atoms with van der Waals surface area (Å²) in [5, 5.41) is 12.3. The van der Waals surface area contributed by atoms with Gasteiger partial charge in [-0.3, -0.25) is 15.6 Å². The molecule has 3 rings (SSSR count). The van der Waals surface area contributed by atoms with Gasteiger partial charge in [-0.25, -0.2) is 17.9 Å². The highest BCUT2D eigenvalue weighted by atomic mass is 32.2. The molecule has 4 N–H and O–H groups in total. The van der Waals surface area contributed by atoms with Crippen LogP contribution in [-0.2, 0) is 10.0 Å². The van der Waals surface area contributed by atoms with Crippen molar-refractivity contribution in [1.29, 1.82) is 0 Å². The number of nitrogens with one attached hydrogen (secondary N) is 3. The van der Waals surface area contributed by atoms with Gasteiger partial charge < -0.3 is 5.11 Å². The van der Waals surface area contributed by atoms with Gasteiger partial charge in [-0.1, -0.05) is 12.1 Å². The quantitative estimate of drug-likeness (QED) is 0.605. The summed E-state index contributed by atoms with van der Waals surface area (Å²) in [5.74, 6) is -1.15. The summed E-state index contributed by atoms with van der Waals surface area (Å²) in [7, 11) is -3.63. The van der Waals surface area contributed by atoms with Crippen LogP contribution in [0.25, 0.3) is 5.69 Å². The molecule has 24 heavy (non-hydrogen) atoms. The van der Waals surface area contributed by atoms with Crippen molar-refractivity contribution in [1.82, 2.24) is 20.6 Å². The van der Waals surface area contributed by atoms with Crippen molar-refractivity contribution in [2.75, 3.05) is 11.3 Å². The molecule has 0 saturated carbocycles. The number of sulfonamides is 1. The molecule has 1 aliphatic heterocycles. The molecule has 128 valence electrons. The molecule has 1 fully saturated rings. The van der Waals surface area contributed by atoms with E-state index in [0.29, 0.717) is 17.9 Å². The Morgan fingerprint density at radius 2 is 2.12 bits per heavy atom. The molecule has 10 heteroatoms. The maximum Gasteiger partial charge on any atom is 0.356 e. The van der Waals surface area contributed by atoms with Crippen molar-refractivity contribution in [2.24, 2.45) is 0 Å². The van der Waals surface area contributed by atoms with E-state index < -0.39 is 21.2 Å². The van der Waals surface area contributed by atoms with Crippen molar-refractivity contribution in [2.45, 2.75) is 18.2 Å². The molecular formula is C14H17N5O4S. The van der Waals surface area contributed by atoms with Crippen molar-refractivity contribution in [3.05, 3.63) is 42.2 Å². The molecular weight excluding hydrogens is 334 g/mol. The van der Waals surface area contributed by atoms with E-state index in [0.717, 1.165) is 0 Å². The van der Waals surface area contributed by atoms with E-state index in [1.807, 2.05) is 0 Å². The van der Waals surface area contributed by atoms with E-state index in [-0.39, 0.29) is 11.7 Å². The Morgan fingerprint density at radius 1 is 1.38 bits per heavy atom. The van der Waals surface area contributed by atoms with E-state index in [4.69, 9.17) is 5.11 Å². The summed E-state index contributed by atoms with van der Waals surface area (Å²) < 4.78 is 29.1. The lowest BCUT2D eigenvalue weighted by atomic mass is 10.3. The average Bonchev–Trinajstić information content (AvgIpc) is 3.16. The monoisotopic (exact) mass is 351 g/mol. The zero-order valence-electron chi connectivity index (χ0n) is 12.8. The van der Waals surface area contributed by atoms with Crippen LogP contribution in [-0.4, -0.2) is 47.1 Å². The Labute approximate surface area is 138 Å². The first-order valence-electron chi connectivity index (χ1n) is 7.27. The Morgan fingerprint density at radius 3 is 2.75 bits per heavy atom. The molecule has 2 atom stereocenters. The number of anilines is 1. The van der Waals surface area contributed by atoms with Gasteiger partial charge >= 0.3 is 5.97 Å². The zero-order valence-corrected chi connectivity index (χ0v) is 13.6. The van der Waals surface area contributed by atoms with Crippen LogP contribution in [0.4, 0.5) is 5.69 Å².